The zero-order valence-corrected chi connectivity index (χ0v) is 10.7. The van der Waals surface area contributed by atoms with Crippen LogP contribution in [0.15, 0.2) is 23.1 Å². The van der Waals surface area contributed by atoms with Crippen molar-refractivity contribution in [3.63, 3.8) is 0 Å². The van der Waals surface area contributed by atoms with Gasteiger partial charge >= 0.3 is 0 Å². The summed E-state index contributed by atoms with van der Waals surface area (Å²) in [6.45, 7) is 3.61. The summed E-state index contributed by atoms with van der Waals surface area (Å²) in [4.78, 5) is 22.4. The third-order valence-electron chi connectivity index (χ3n) is 2.50. The lowest BCUT2D eigenvalue weighted by Crippen LogP contribution is -2.16. The molecule has 2 N–H and O–H groups in total. The Bertz CT molecular complexity index is 637. The van der Waals surface area contributed by atoms with Crippen LogP contribution in [0.25, 0.3) is 11.5 Å². The van der Waals surface area contributed by atoms with Gasteiger partial charge in [0.15, 0.2) is 5.82 Å². The third kappa shape index (κ3) is 2.22. The molecule has 18 heavy (non-hydrogen) atoms. The van der Waals surface area contributed by atoms with Crippen molar-refractivity contribution in [1.82, 2.24) is 15.0 Å². The second kappa shape index (κ2) is 4.78. The first kappa shape index (κ1) is 12.6. The topological polar surface area (TPSA) is 78.9 Å². The molecule has 0 fully saturated rings. The summed E-state index contributed by atoms with van der Waals surface area (Å²) in [6, 6.07) is 3.31. The average molecular weight is 266 g/mol. The highest BCUT2D eigenvalue weighted by atomic mass is 35.5. The van der Waals surface area contributed by atoms with Crippen molar-refractivity contribution in [2.45, 2.75) is 19.8 Å². The van der Waals surface area contributed by atoms with Crippen LogP contribution in [0.5, 0.6) is 5.88 Å². The monoisotopic (exact) mass is 265 g/mol. The molecule has 0 bridgehead atoms. The number of nitrogens with zero attached hydrogens (tertiary/aromatic N) is 2. The van der Waals surface area contributed by atoms with E-state index < -0.39 is 0 Å². The zero-order valence-electron chi connectivity index (χ0n) is 9.94. The number of hydrogen-bond acceptors (Lipinski definition) is 4. The number of halogens is 1. The Morgan fingerprint density at radius 1 is 1.44 bits per heavy atom. The Morgan fingerprint density at radius 3 is 2.72 bits per heavy atom. The fourth-order valence-corrected chi connectivity index (χ4v) is 1.87. The molecule has 0 aliphatic heterocycles. The second-order valence-corrected chi connectivity index (χ2v) is 4.55. The highest BCUT2D eigenvalue weighted by Crippen LogP contribution is 2.25. The number of nitrogens with one attached hydrogen (secondary N) is 1. The van der Waals surface area contributed by atoms with Crippen molar-refractivity contribution in [1.29, 1.82) is 0 Å². The minimum atomic E-state index is -0.380. The van der Waals surface area contributed by atoms with E-state index in [0.29, 0.717) is 10.7 Å². The molecular weight excluding hydrogens is 254 g/mol. The van der Waals surface area contributed by atoms with E-state index in [2.05, 4.69) is 15.0 Å². The molecule has 94 valence electrons. The van der Waals surface area contributed by atoms with Gasteiger partial charge in [0.2, 0.25) is 5.88 Å². The summed E-state index contributed by atoms with van der Waals surface area (Å²) in [5.74, 6) is -0.243. The average Bonchev–Trinajstić information content (AvgIpc) is 2.27. The number of aromatic nitrogens is 3. The SMILES string of the molecule is CC(C)c1c(O)nc(-c2ncccc2Cl)[nH]c1=O. The Morgan fingerprint density at radius 2 is 2.17 bits per heavy atom. The highest BCUT2D eigenvalue weighted by molar-refractivity contribution is 6.32. The summed E-state index contributed by atoms with van der Waals surface area (Å²) < 4.78 is 0. The number of hydrogen-bond donors (Lipinski definition) is 2. The first-order chi connectivity index (χ1) is 8.50. The van der Waals surface area contributed by atoms with Gasteiger partial charge < -0.3 is 10.1 Å². The second-order valence-electron chi connectivity index (χ2n) is 4.14. The molecule has 0 unspecified atom stereocenters. The molecule has 2 heterocycles. The number of pyridine rings is 1. The molecular formula is C12H12ClN3O2. The van der Waals surface area contributed by atoms with E-state index in [1.54, 1.807) is 26.0 Å². The van der Waals surface area contributed by atoms with Crippen LogP contribution in [0.3, 0.4) is 0 Å². The first-order valence-corrected chi connectivity index (χ1v) is 5.82. The van der Waals surface area contributed by atoms with Crippen LogP contribution in [0.1, 0.15) is 25.3 Å². The van der Waals surface area contributed by atoms with Gasteiger partial charge in [-0.25, -0.2) is 0 Å². The molecule has 6 heteroatoms. The van der Waals surface area contributed by atoms with Crippen molar-refractivity contribution < 1.29 is 5.11 Å². The van der Waals surface area contributed by atoms with Crippen LogP contribution >= 0.6 is 11.6 Å². The lowest BCUT2D eigenvalue weighted by Gasteiger charge is -2.08. The number of rotatable bonds is 2. The molecule has 2 aromatic heterocycles. The fraction of sp³-hybridized carbons (Fsp3) is 0.250. The standard InChI is InChI=1S/C12H12ClN3O2/c1-6(2)8-11(17)15-10(16-12(8)18)9-7(13)4-3-5-14-9/h3-6H,1-2H3,(H2,15,16,17,18). The maximum absolute atomic E-state index is 11.9. The van der Waals surface area contributed by atoms with E-state index in [9.17, 15) is 9.90 Å². The molecule has 0 aliphatic rings. The van der Waals surface area contributed by atoms with E-state index >= 15 is 0 Å². The molecule has 0 aromatic carbocycles. The van der Waals surface area contributed by atoms with Gasteiger partial charge in [0.05, 0.1) is 10.6 Å². The minimum absolute atomic E-state index is 0.116. The van der Waals surface area contributed by atoms with Gasteiger partial charge in [0.25, 0.3) is 5.56 Å². The van der Waals surface area contributed by atoms with Crippen molar-refractivity contribution in [3.05, 3.63) is 39.3 Å². The fourth-order valence-electron chi connectivity index (χ4n) is 1.66. The Hall–Kier alpha value is -1.88. The Labute approximate surface area is 109 Å². The van der Waals surface area contributed by atoms with E-state index in [0.717, 1.165) is 0 Å². The highest BCUT2D eigenvalue weighted by Gasteiger charge is 2.16. The van der Waals surface area contributed by atoms with E-state index in [-0.39, 0.29) is 28.7 Å². The number of aromatic hydroxyl groups is 1. The predicted octanol–water partition coefficient (Wildman–Crippen LogP) is 2.31. The normalized spacial score (nSPS) is 10.9. The van der Waals surface area contributed by atoms with Gasteiger partial charge in [-0.1, -0.05) is 25.4 Å². The van der Waals surface area contributed by atoms with E-state index in [1.807, 2.05) is 0 Å². The summed E-state index contributed by atoms with van der Waals surface area (Å²) >= 11 is 5.96. The van der Waals surface area contributed by atoms with Gasteiger partial charge in [0.1, 0.15) is 5.69 Å². The lowest BCUT2D eigenvalue weighted by molar-refractivity contribution is 0.440. The van der Waals surface area contributed by atoms with Crippen LogP contribution in [0.2, 0.25) is 5.02 Å². The Balaban J connectivity index is 2.63. The van der Waals surface area contributed by atoms with E-state index in [4.69, 9.17) is 11.6 Å². The maximum Gasteiger partial charge on any atom is 0.258 e. The molecule has 0 radical (unpaired) electrons. The molecule has 0 spiro atoms. The number of H-pyrrole nitrogens is 1. The van der Waals surface area contributed by atoms with Gasteiger partial charge in [-0.15, -0.1) is 0 Å². The summed E-state index contributed by atoms with van der Waals surface area (Å²) in [5, 5.41) is 10.2. The minimum Gasteiger partial charge on any atom is -0.493 e. The maximum atomic E-state index is 11.9. The molecule has 2 rings (SSSR count). The van der Waals surface area contributed by atoms with Crippen LogP contribution in [0, 0.1) is 0 Å². The van der Waals surface area contributed by atoms with Crippen LogP contribution in [-0.4, -0.2) is 20.1 Å². The molecule has 0 amide bonds. The zero-order chi connectivity index (χ0) is 13.3. The third-order valence-corrected chi connectivity index (χ3v) is 2.80. The van der Waals surface area contributed by atoms with Gasteiger partial charge in [-0.3, -0.25) is 9.78 Å². The first-order valence-electron chi connectivity index (χ1n) is 5.44. The van der Waals surface area contributed by atoms with Crippen LogP contribution in [0.4, 0.5) is 0 Å². The summed E-state index contributed by atoms with van der Waals surface area (Å²) in [6.07, 6.45) is 1.54. The van der Waals surface area contributed by atoms with Gasteiger partial charge in [0, 0.05) is 6.20 Å². The lowest BCUT2D eigenvalue weighted by atomic mass is 10.1. The smallest absolute Gasteiger partial charge is 0.258 e. The Kier molecular flexibility index (Phi) is 3.34. The van der Waals surface area contributed by atoms with Crippen LogP contribution in [-0.2, 0) is 0 Å². The number of aromatic amines is 1. The predicted molar refractivity (Wildman–Crippen MR) is 68.9 cm³/mol. The van der Waals surface area contributed by atoms with Gasteiger partial charge in [-0.05, 0) is 18.1 Å². The van der Waals surface area contributed by atoms with Crippen molar-refractivity contribution in [3.8, 4) is 17.4 Å². The van der Waals surface area contributed by atoms with Crippen molar-refractivity contribution in [2.24, 2.45) is 0 Å². The molecule has 5 nitrogen and oxygen atoms in total. The van der Waals surface area contributed by atoms with Crippen molar-refractivity contribution in [2.75, 3.05) is 0 Å². The largest absolute Gasteiger partial charge is 0.493 e. The molecule has 0 saturated carbocycles. The summed E-state index contributed by atoms with van der Waals surface area (Å²) in [7, 11) is 0. The molecule has 2 aromatic rings. The van der Waals surface area contributed by atoms with Gasteiger partial charge in [-0.2, -0.15) is 4.98 Å². The van der Waals surface area contributed by atoms with Crippen molar-refractivity contribution >= 4 is 11.6 Å². The molecule has 0 aliphatic carbocycles. The quantitative estimate of drug-likeness (QED) is 0.873. The van der Waals surface area contributed by atoms with E-state index in [1.165, 1.54) is 6.20 Å². The summed E-state index contributed by atoms with van der Waals surface area (Å²) in [5.41, 5.74) is 0.210. The molecule has 0 atom stereocenters. The molecule has 0 saturated heterocycles. The van der Waals surface area contributed by atoms with Crippen LogP contribution < -0.4 is 5.56 Å².